The monoisotopic (exact) mass is 542 g/mol. The first-order valence-corrected chi connectivity index (χ1v) is 15.3. The van der Waals surface area contributed by atoms with Gasteiger partial charge in [-0.25, -0.2) is 4.68 Å². The zero-order chi connectivity index (χ0) is 27.1. The highest BCUT2D eigenvalue weighted by atomic mass is 32.2. The molecule has 0 spiro atoms. The summed E-state index contributed by atoms with van der Waals surface area (Å²) in [6.45, 7) is 6.31. The van der Waals surface area contributed by atoms with Gasteiger partial charge in [-0.05, 0) is 112 Å². The molecular weight excluding hydrogens is 504 g/mol. The van der Waals surface area contributed by atoms with Gasteiger partial charge in [0.25, 0.3) is 0 Å². The standard InChI is InChI=1S/C32H38N4O2S/c1-20-9-22(3)27(10-21(20)2)28-14-29(36(35-28)26-7-5-4-6-8-26)33-30(37)18-39-19-31(38)34-32-15-23-11-24(16-32)13-25(12-23)17-32/h4-10,14,23-25H,11-13,15-19H2,1-3H3,(H,33,37)(H,34,38). The number of carbonyl (C=O) groups is 2. The maximum Gasteiger partial charge on any atom is 0.235 e. The Labute approximate surface area is 235 Å². The van der Waals surface area contributed by atoms with Crippen LogP contribution < -0.4 is 10.6 Å². The lowest BCUT2D eigenvalue weighted by molar-refractivity contribution is -0.124. The molecule has 204 valence electrons. The Morgan fingerprint density at radius 1 is 0.872 bits per heavy atom. The summed E-state index contributed by atoms with van der Waals surface area (Å²) in [7, 11) is 0. The Morgan fingerprint density at radius 2 is 1.49 bits per heavy atom. The molecule has 0 radical (unpaired) electrons. The minimum atomic E-state index is -0.136. The van der Waals surface area contributed by atoms with Crippen LogP contribution >= 0.6 is 11.8 Å². The van der Waals surface area contributed by atoms with Crippen LogP contribution in [0.15, 0.2) is 48.5 Å². The highest BCUT2D eigenvalue weighted by molar-refractivity contribution is 8.00. The van der Waals surface area contributed by atoms with Crippen LogP contribution in [0.2, 0.25) is 0 Å². The van der Waals surface area contributed by atoms with Crippen molar-refractivity contribution in [1.29, 1.82) is 0 Å². The van der Waals surface area contributed by atoms with Gasteiger partial charge in [0.2, 0.25) is 11.8 Å². The second-order valence-corrected chi connectivity index (χ2v) is 13.2. The van der Waals surface area contributed by atoms with E-state index in [1.165, 1.54) is 42.2 Å². The van der Waals surface area contributed by atoms with Crippen LogP contribution in [0.5, 0.6) is 0 Å². The quantitative estimate of drug-likeness (QED) is 0.354. The number of carbonyl (C=O) groups excluding carboxylic acids is 2. The van der Waals surface area contributed by atoms with Gasteiger partial charge in [0.05, 0.1) is 22.9 Å². The first-order valence-electron chi connectivity index (χ1n) is 14.2. The second-order valence-electron chi connectivity index (χ2n) is 12.2. The van der Waals surface area contributed by atoms with Crippen molar-refractivity contribution in [2.75, 3.05) is 16.8 Å². The molecule has 0 aliphatic heterocycles. The summed E-state index contributed by atoms with van der Waals surface area (Å²) in [6.07, 6.45) is 7.49. The van der Waals surface area contributed by atoms with Crippen LogP contribution in [0.1, 0.15) is 55.2 Å². The molecule has 4 aliphatic rings. The number of amides is 2. The first kappa shape index (κ1) is 26.2. The molecule has 1 aromatic heterocycles. The van der Waals surface area contributed by atoms with Crippen LogP contribution in [0, 0.1) is 38.5 Å². The molecule has 4 fully saturated rings. The van der Waals surface area contributed by atoms with Crippen LogP contribution in [-0.2, 0) is 9.59 Å². The third-order valence-electron chi connectivity index (χ3n) is 9.00. The summed E-state index contributed by atoms with van der Waals surface area (Å²) in [5.41, 5.74) is 6.36. The Kier molecular flexibility index (Phi) is 7.04. The van der Waals surface area contributed by atoms with E-state index < -0.39 is 0 Å². The molecule has 4 bridgehead atoms. The van der Waals surface area contributed by atoms with Gasteiger partial charge in [0.15, 0.2) is 0 Å². The highest BCUT2D eigenvalue weighted by Crippen LogP contribution is 2.55. The third kappa shape index (κ3) is 5.51. The summed E-state index contributed by atoms with van der Waals surface area (Å²) < 4.78 is 1.78. The largest absolute Gasteiger partial charge is 0.350 e. The topological polar surface area (TPSA) is 76.0 Å². The predicted molar refractivity (Wildman–Crippen MR) is 158 cm³/mol. The number of anilines is 1. The maximum absolute atomic E-state index is 13.0. The van der Waals surface area contributed by atoms with Gasteiger partial charge < -0.3 is 10.6 Å². The van der Waals surface area contributed by atoms with Crippen LogP contribution in [0.25, 0.3) is 16.9 Å². The molecule has 4 saturated carbocycles. The van der Waals surface area contributed by atoms with Crippen LogP contribution in [0.4, 0.5) is 5.82 Å². The highest BCUT2D eigenvalue weighted by Gasteiger charge is 2.51. The van der Waals surface area contributed by atoms with E-state index in [0.717, 1.165) is 59.5 Å². The smallest absolute Gasteiger partial charge is 0.235 e. The van der Waals surface area contributed by atoms with Gasteiger partial charge in [0.1, 0.15) is 5.82 Å². The van der Waals surface area contributed by atoms with E-state index >= 15 is 0 Å². The lowest BCUT2D eigenvalue weighted by Crippen LogP contribution is -2.60. The molecule has 2 aromatic carbocycles. The molecule has 2 N–H and O–H groups in total. The van der Waals surface area contributed by atoms with E-state index in [2.05, 4.69) is 43.5 Å². The number of nitrogens with one attached hydrogen (secondary N) is 2. The number of rotatable bonds is 8. The van der Waals surface area contributed by atoms with Crippen molar-refractivity contribution < 1.29 is 9.59 Å². The van der Waals surface area contributed by atoms with Crippen molar-refractivity contribution >= 4 is 29.4 Å². The molecule has 1 heterocycles. The van der Waals surface area contributed by atoms with E-state index in [0.29, 0.717) is 11.6 Å². The number of hydrogen-bond donors (Lipinski definition) is 2. The first-order chi connectivity index (χ1) is 18.8. The molecule has 6 nitrogen and oxygen atoms in total. The van der Waals surface area contributed by atoms with Gasteiger partial charge in [-0.15, -0.1) is 11.8 Å². The predicted octanol–water partition coefficient (Wildman–Crippen LogP) is 6.22. The Morgan fingerprint density at radius 3 is 2.15 bits per heavy atom. The van der Waals surface area contributed by atoms with E-state index in [9.17, 15) is 9.59 Å². The lowest BCUT2D eigenvalue weighted by atomic mass is 9.53. The summed E-state index contributed by atoms with van der Waals surface area (Å²) in [6, 6.07) is 16.1. The van der Waals surface area contributed by atoms with Crippen molar-refractivity contribution in [1.82, 2.24) is 15.1 Å². The van der Waals surface area contributed by atoms with Crippen molar-refractivity contribution in [3.8, 4) is 16.9 Å². The number of benzene rings is 2. The van der Waals surface area contributed by atoms with Gasteiger partial charge >= 0.3 is 0 Å². The molecule has 7 heteroatoms. The van der Waals surface area contributed by atoms with Gasteiger partial charge in [-0.3, -0.25) is 9.59 Å². The average Bonchev–Trinajstić information content (AvgIpc) is 3.29. The maximum atomic E-state index is 13.0. The molecule has 39 heavy (non-hydrogen) atoms. The second kappa shape index (κ2) is 10.5. The Balaban J connectivity index is 1.11. The number of nitrogens with zero attached hydrogens (tertiary/aromatic N) is 2. The van der Waals surface area contributed by atoms with Crippen molar-refractivity contribution in [3.05, 3.63) is 65.2 Å². The zero-order valence-electron chi connectivity index (χ0n) is 23.1. The molecule has 4 aliphatic carbocycles. The number of aromatic nitrogens is 2. The van der Waals surface area contributed by atoms with Crippen molar-refractivity contribution in [2.45, 2.75) is 64.8 Å². The van der Waals surface area contributed by atoms with E-state index in [-0.39, 0.29) is 23.1 Å². The number of thioether (sulfide) groups is 1. The Bertz CT molecular complexity index is 1360. The van der Waals surface area contributed by atoms with Gasteiger partial charge in [-0.1, -0.05) is 24.3 Å². The molecule has 0 unspecified atom stereocenters. The molecule has 2 amide bonds. The van der Waals surface area contributed by atoms with E-state index in [1.807, 2.05) is 36.4 Å². The van der Waals surface area contributed by atoms with Gasteiger partial charge in [0, 0.05) is 17.2 Å². The SMILES string of the molecule is Cc1cc(C)c(-c2cc(NC(=O)CSCC(=O)NC34CC5CC(CC(C5)C3)C4)n(-c3ccccc3)n2)cc1C. The number of aryl methyl sites for hydroxylation is 3. The van der Waals surface area contributed by atoms with Gasteiger partial charge in [-0.2, -0.15) is 5.10 Å². The summed E-state index contributed by atoms with van der Waals surface area (Å²) in [5.74, 6) is 3.45. The molecule has 0 saturated heterocycles. The third-order valence-corrected chi connectivity index (χ3v) is 9.94. The van der Waals surface area contributed by atoms with Crippen molar-refractivity contribution in [2.24, 2.45) is 17.8 Å². The fourth-order valence-electron chi connectivity index (χ4n) is 7.62. The summed E-state index contributed by atoms with van der Waals surface area (Å²) >= 11 is 1.37. The molecule has 3 aromatic rings. The number of hydrogen-bond acceptors (Lipinski definition) is 4. The minimum Gasteiger partial charge on any atom is -0.350 e. The minimum absolute atomic E-state index is 0.0136. The van der Waals surface area contributed by atoms with E-state index in [4.69, 9.17) is 5.10 Å². The summed E-state index contributed by atoms with van der Waals surface area (Å²) in [5, 5.41) is 11.3. The molecule has 0 atom stereocenters. The lowest BCUT2D eigenvalue weighted by Gasteiger charge is -2.56. The Hall–Kier alpha value is -3.06. The zero-order valence-corrected chi connectivity index (χ0v) is 23.9. The number of para-hydroxylation sites is 1. The van der Waals surface area contributed by atoms with Crippen LogP contribution in [-0.4, -0.2) is 38.6 Å². The van der Waals surface area contributed by atoms with Crippen molar-refractivity contribution in [3.63, 3.8) is 0 Å². The molecule has 7 rings (SSSR count). The summed E-state index contributed by atoms with van der Waals surface area (Å²) in [4.78, 5) is 25.9. The fraction of sp³-hybridized carbons (Fsp3) is 0.469. The fourth-order valence-corrected chi connectivity index (χ4v) is 8.23. The average molecular weight is 543 g/mol. The van der Waals surface area contributed by atoms with E-state index in [1.54, 1.807) is 4.68 Å². The van der Waals surface area contributed by atoms with Crippen LogP contribution in [0.3, 0.4) is 0 Å². The molecular formula is C32H38N4O2S. The normalized spacial score (nSPS) is 25.1.